The van der Waals surface area contributed by atoms with Crippen LogP contribution in [0.3, 0.4) is 0 Å². The molecule has 0 saturated heterocycles. The highest BCUT2D eigenvalue weighted by atomic mass is 19.1. The van der Waals surface area contributed by atoms with Gasteiger partial charge in [0.05, 0.1) is 5.69 Å². The Morgan fingerprint density at radius 1 is 0.933 bits per heavy atom. The van der Waals surface area contributed by atoms with Crippen LogP contribution in [0.2, 0.25) is 0 Å². The van der Waals surface area contributed by atoms with E-state index in [-0.39, 0.29) is 17.6 Å². The number of rotatable bonds is 3. The highest BCUT2D eigenvalue weighted by molar-refractivity contribution is 6.09. The van der Waals surface area contributed by atoms with E-state index in [0.717, 1.165) is 35.2 Å². The molecule has 1 aliphatic rings. The largest absolute Gasteiger partial charge is 0.322 e. The van der Waals surface area contributed by atoms with Crippen molar-refractivity contribution in [2.45, 2.75) is 26.7 Å². The Kier molecular flexibility index (Phi) is 5.36. The molecule has 3 aromatic rings. The van der Waals surface area contributed by atoms with E-state index in [0.29, 0.717) is 23.4 Å². The second-order valence-corrected chi connectivity index (χ2v) is 7.64. The van der Waals surface area contributed by atoms with E-state index in [1.54, 1.807) is 41.3 Å². The molecule has 0 unspecified atom stereocenters. The molecule has 1 heterocycles. The fourth-order valence-corrected chi connectivity index (χ4v) is 3.95. The Balaban J connectivity index is 1.64. The first-order valence-electron chi connectivity index (χ1n) is 10.0. The first-order chi connectivity index (χ1) is 14.4. The quantitative estimate of drug-likeness (QED) is 0.647. The maximum atomic E-state index is 13.8. The van der Waals surface area contributed by atoms with Crippen molar-refractivity contribution < 1.29 is 14.0 Å². The summed E-state index contributed by atoms with van der Waals surface area (Å²) in [6.45, 7) is 4.30. The lowest BCUT2D eigenvalue weighted by atomic mass is 9.97. The van der Waals surface area contributed by atoms with Crippen LogP contribution < -0.4 is 10.2 Å². The number of aryl methyl sites for hydroxylation is 3. The van der Waals surface area contributed by atoms with Gasteiger partial charge in [-0.05, 0) is 79.8 Å². The fraction of sp³-hybridized carbons (Fsp3) is 0.200. The molecule has 0 aliphatic carbocycles. The number of anilines is 2. The van der Waals surface area contributed by atoms with Crippen LogP contribution in [0.1, 0.15) is 43.8 Å². The molecule has 5 heteroatoms. The van der Waals surface area contributed by atoms with Gasteiger partial charge < -0.3 is 10.2 Å². The number of nitrogens with one attached hydrogen (secondary N) is 1. The zero-order chi connectivity index (χ0) is 21.3. The zero-order valence-corrected chi connectivity index (χ0v) is 17.0. The van der Waals surface area contributed by atoms with Crippen molar-refractivity contribution in [3.63, 3.8) is 0 Å². The van der Waals surface area contributed by atoms with Crippen LogP contribution in [-0.4, -0.2) is 18.4 Å². The lowest BCUT2D eigenvalue weighted by Gasteiger charge is -2.31. The second-order valence-electron chi connectivity index (χ2n) is 7.64. The van der Waals surface area contributed by atoms with Gasteiger partial charge in [-0.2, -0.15) is 0 Å². The minimum absolute atomic E-state index is 0.152. The third-order valence-electron chi connectivity index (χ3n) is 5.46. The third kappa shape index (κ3) is 3.83. The van der Waals surface area contributed by atoms with Gasteiger partial charge in [0, 0.05) is 23.4 Å². The molecule has 0 radical (unpaired) electrons. The van der Waals surface area contributed by atoms with Crippen LogP contribution in [0.5, 0.6) is 0 Å². The third-order valence-corrected chi connectivity index (χ3v) is 5.46. The first kappa shape index (κ1) is 19.8. The SMILES string of the molecule is Cc1ccc(C(=O)N2CCCc3cc(F)cc(C)c32)cc1NC(=O)c1ccccc1. The molecule has 0 aromatic heterocycles. The molecule has 152 valence electrons. The molecule has 4 rings (SSSR count). The molecule has 0 saturated carbocycles. The molecule has 2 amide bonds. The lowest BCUT2D eigenvalue weighted by molar-refractivity contribution is 0.0982. The molecular formula is C25H23FN2O2. The summed E-state index contributed by atoms with van der Waals surface area (Å²) in [5.74, 6) is -0.652. The van der Waals surface area contributed by atoms with Crippen molar-refractivity contribution >= 4 is 23.2 Å². The Morgan fingerprint density at radius 2 is 1.70 bits per heavy atom. The van der Waals surface area contributed by atoms with Gasteiger partial charge in [-0.3, -0.25) is 9.59 Å². The molecule has 3 aromatic carbocycles. The van der Waals surface area contributed by atoms with Gasteiger partial charge in [0.25, 0.3) is 11.8 Å². The number of hydrogen-bond donors (Lipinski definition) is 1. The van der Waals surface area contributed by atoms with Crippen LogP contribution >= 0.6 is 0 Å². The summed E-state index contributed by atoms with van der Waals surface area (Å²) in [7, 11) is 0. The average Bonchev–Trinajstić information content (AvgIpc) is 2.74. The zero-order valence-electron chi connectivity index (χ0n) is 17.0. The molecule has 30 heavy (non-hydrogen) atoms. The van der Waals surface area contributed by atoms with E-state index in [1.807, 2.05) is 26.0 Å². The minimum Gasteiger partial charge on any atom is -0.322 e. The van der Waals surface area contributed by atoms with Crippen molar-refractivity contribution in [1.82, 2.24) is 0 Å². The molecule has 0 bridgehead atoms. The van der Waals surface area contributed by atoms with E-state index in [4.69, 9.17) is 0 Å². The number of halogens is 1. The van der Waals surface area contributed by atoms with Crippen molar-refractivity contribution in [3.05, 3.63) is 94.3 Å². The van der Waals surface area contributed by atoms with E-state index in [9.17, 15) is 14.0 Å². The Hall–Kier alpha value is -3.47. The van der Waals surface area contributed by atoms with Crippen molar-refractivity contribution in [1.29, 1.82) is 0 Å². The van der Waals surface area contributed by atoms with Crippen molar-refractivity contribution in [2.75, 3.05) is 16.8 Å². The predicted octanol–water partition coefficient (Wildman–Crippen LogP) is 5.29. The van der Waals surface area contributed by atoms with Crippen LogP contribution in [0.15, 0.2) is 60.7 Å². The predicted molar refractivity (Wildman–Crippen MR) is 117 cm³/mol. The normalized spacial score (nSPS) is 13.0. The fourth-order valence-electron chi connectivity index (χ4n) is 3.95. The topological polar surface area (TPSA) is 49.4 Å². The molecule has 0 spiro atoms. The van der Waals surface area contributed by atoms with Gasteiger partial charge in [-0.15, -0.1) is 0 Å². The van der Waals surface area contributed by atoms with Gasteiger partial charge in [-0.1, -0.05) is 24.3 Å². The second kappa shape index (κ2) is 8.11. The molecular weight excluding hydrogens is 379 g/mol. The number of nitrogens with zero attached hydrogens (tertiary/aromatic N) is 1. The van der Waals surface area contributed by atoms with Gasteiger partial charge in [0.1, 0.15) is 5.82 Å². The lowest BCUT2D eigenvalue weighted by Crippen LogP contribution is -2.36. The summed E-state index contributed by atoms with van der Waals surface area (Å²) in [5.41, 5.74) is 4.91. The molecule has 1 N–H and O–H groups in total. The molecule has 0 atom stereocenters. The molecule has 0 fully saturated rings. The van der Waals surface area contributed by atoms with Crippen molar-refractivity contribution in [3.8, 4) is 0 Å². The highest BCUT2D eigenvalue weighted by Crippen LogP contribution is 2.33. The van der Waals surface area contributed by atoms with Crippen LogP contribution in [0.25, 0.3) is 0 Å². The van der Waals surface area contributed by atoms with Crippen molar-refractivity contribution in [2.24, 2.45) is 0 Å². The maximum absolute atomic E-state index is 13.8. The summed E-state index contributed by atoms with van der Waals surface area (Å²) < 4.78 is 13.8. The van der Waals surface area contributed by atoms with Gasteiger partial charge in [0.2, 0.25) is 0 Å². The summed E-state index contributed by atoms with van der Waals surface area (Å²) >= 11 is 0. The van der Waals surface area contributed by atoms with Gasteiger partial charge >= 0.3 is 0 Å². The minimum atomic E-state index is -0.276. The summed E-state index contributed by atoms with van der Waals surface area (Å²) in [5, 5.41) is 2.90. The summed E-state index contributed by atoms with van der Waals surface area (Å²) in [4.78, 5) is 27.6. The molecule has 1 aliphatic heterocycles. The number of hydrogen-bond acceptors (Lipinski definition) is 2. The number of carbonyl (C=O) groups is 2. The number of carbonyl (C=O) groups excluding carboxylic acids is 2. The standard InChI is InChI=1S/C25H23FN2O2/c1-16-10-11-20(15-22(16)27-24(29)18-7-4-3-5-8-18)25(30)28-12-6-9-19-14-21(26)13-17(2)23(19)28/h3-5,7-8,10-11,13-15H,6,9,12H2,1-2H3,(H,27,29). The van der Waals surface area contributed by atoms with Crippen LogP contribution in [0.4, 0.5) is 15.8 Å². The van der Waals surface area contributed by atoms with E-state index >= 15 is 0 Å². The van der Waals surface area contributed by atoms with E-state index < -0.39 is 0 Å². The molecule has 4 nitrogen and oxygen atoms in total. The average molecular weight is 402 g/mol. The maximum Gasteiger partial charge on any atom is 0.258 e. The van der Waals surface area contributed by atoms with Crippen LogP contribution in [-0.2, 0) is 6.42 Å². The summed E-state index contributed by atoms with van der Waals surface area (Å²) in [6.07, 6.45) is 1.54. The van der Waals surface area contributed by atoms with Gasteiger partial charge in [-0.25, -0.2) is 4.39 Å². The number of benzene rings is 3. The Labute approximate surface area is 175 Å². The Bertz CT molecular complexity index is 1130. The van der Waals surface area contributed by atoms with Gasteiger partial charge in [0.15, 0.2) is 0 Å². The smallest absolute Gasteiger partial charge is 0.258 e. The van der Waals surface area contributed by atoms with Crippen LogP contribution in [0, 0.1) is 19.7 Å². The monoisotopic (exact) mass is 402 g/mol. The summed E-state index contributed by atoms with van der Waals surface area (Å²) in [6, 6.07) is 17.2. The Morgan fingerprint density at radius 3 is 2.47 bits per heavy atom. The van der Waals surface area contributed by atoms with E-state index in [1.165, 1.54) is 12.1 Å². The number of amides is 2. The first-order valence-corrected chi connectivity index (χ1v) is 10.0. The highest BCUT2D eigenvalue weighted by Gasteiger charge is 2.26. The van der Waals surface area contributed by atoms with E-state index in [2.05, 4.69) is 5.32 Å². The number of fused-ring (bicyclic) bond motifs is 1.